The predicted molar refractivity (Wildman–Crippen MR) is 99.1 cm³/mol. The number of halogens is 1. The van der Waals surface area contributed by atoms with Crippen molar-refractivity contribution < 1.29 is 19.1 Å². The number of hydrazine groups is 1. The zero-order chi connectivity index (χ0) is 18.9. The van der Waals surface area contributed by atoms with E-state index in [1.54, 1.807) is 55.5 Å². The third kappa shape index (κ3) is 5.97. The van der Waals surface area contributed by atoms with Gasteiger partial charge in [0.05, 0.1) is 13.0 Å². The molecule has 0 radical (unpaired) electrons. The summed E-state index contributed by atoms with van der Waals surface area (Å²) in [6.45, 7) is 4.07. The van der Waals surface area contributed by atoms with Gasteiger partial charge in [-0.1, -0.05) is 29.8 Å². The van der Waals surface area contributed by atoms with Crippen molar-refractivity contribution in [3.63, 3.8) is 0 Å². The first-order chi connectivity index (χ1) is 12.5. The second-order valence-corrected chi connectivity index (χ2v) is 5.88. The lowest BCUT2D eigenvalue weighted by Crippen LogP contribution is -2.47. The van der Waals surface area contributed by atoms with Crippen LogP contribution in [0.15, 0.2) is 48.5 Å². The second kappa shape index (κ2) is 9.68. The van der Waals surface area contributed by atoms with Crippen molar-refractivity contribution in [1.82, 2.24) is 10.9 Å². The van der Waals surface area contributed by atoms with Crippen LogP contribution in [0.2, 0.25) is 5.02 Å². The Morgan fingerprint density at radius 3 is 2.35 bits per heavy atom. The zero-order valence-electron chi connectivity index (χ0n) is 14.6. The zero-order valence-corrected chi connectivity index (χ0v) is 15.4. The minimum atomic E-state index is -0.784. The molecule has 0 aliphatic heterocycles. The fraction of sp³-hybridized carbons (Fsp3) is 0.263. The van der Waals surface area contributed by atoms with E-state index in [1.165, 1.54) is 0 Å². The molecule has 0 bridgehead atoms. The van der Waals surface area contributed by atoms with Gasteiger partial charge in [-0.15, -0.1) is 0 Å². The van der Waals surface area contributed by atoms with Crippen molar-refractivity contribution in [1.29, 1.82) is 0 Å². The number of hydrogen-bond acceptors (Lipinski definition) is 4. The third-order valence-corrected chi connectivity index (χ3v) is 3.82. The summed E-state index contributed by atoms with van der Waals surface area (Å²) >= 11 is 6.01. The van der Waals surface area contributed by atoms with E-state index in [0.29, 0.717) is 22.9 Å². The van der Waals surface area contributed by atoms with E-state index in [-0.39, 0.29) is 12.3 Å². The second-order valence-electron chi connectivity index (χ2n) is 5.47. The molecule has 1 atom stereocenters. The fourth-order valence-electron chi connectivity index (χ4n) is 2.13. The Bertz CT molecular complexity index is 749. The molecule has 0 heterocycles. The van der Waals surface area contributed by atoms with Gasteiger partial charge in [-0.2, -0.15) is 0 Å². The Hall–Kier alpha value is -2.73. The normalized spacial score (nSPS) is 11.3. The van der Waals surface area contributed by atoms with Gasteiger partial charge in [0.2, 0.25) is 5.91 Å². The van der Waals surface area contributed by atoms with Crippen molar-refractivity contribution in [2.24, 2.45) is 0 Å². The van der Waals surface area contributed by atoms with Crippen LogP contribution in [0.1, 0.15) is 19.4 Å². The first kappa shape index (κ1) is 19.6. The molecule has 2 N–H and O–H groups in total. The Labute approximate surface area is 157 Å². The lowest BCUT2D eigenvalue weighted by atomic mass is 10.1. The highest BCUT2D eigenvalue weighted by Gasteiger charge is 2.16. The molecule has 0 fully saturated rings. The summed E-state index contributed by atoms with van der Waals surface area (Å²) in [6, 6.07) is 14.0. The van der Waals surface area contributed by atoms with Crippen molar-refractivity contribution in [2.75, 3.05) is 6.61 Å². The molecule has 2 amide bonds. The van der Waals surface area contributed by atoms with Crippen molar-refractivity contribution >= 4 is 23.4 Å². The van der Waals surface area contributed by atoms with E-state index in [9.17, 15) is 9.59 Å². The molecular formula is C19H21ClN2O4. The van der Waals surface area contributed by atoms with E-state index in [2.05, 4.69) is 10.9 Å². The molecule has 138 valence electrons. The van der Waals surface area contributed by atoms with Gasteiger partial charge in [-0.3, -0.25) is 20.4 Å². The number of ether oxygens (including phenoxy) is 2. The molecule has 2 aromatic carbocycles. The summed E-state index contributed by atoms with van der Waals surface area (Å²) in [5, 5.41) is 0.501. The predicted octanol–water partition coefficient (Wildman–Crippen LogP) is 2.90. The third-order valence-electron chi connectivity index (χ3n) is 3.45. The minimum absolute atomic E-state index is 0.0636. The number of carbonyl (C=O) groups excluding carboxylic acids is 2. The van der Waals surface area contributed by atoms with E-state index < -0.39 is 12.0 Å². The molecular weight excluding hydrogens is 356 g/mol. The van der Waals surface area contributed by atoms with Crippen molar-refractivity contribution in [3.8, 4) is 11.5 Å². The number of rotatable bonds is 7. The van der Waals surface area contributed by atoms with Crippen LogP contribution in [-0.2, 0) is 16.0 Å². The van der Waals surface area contributed by atoms with E-state index in [4.69, 9.17) is 21.1 Å². The molecule has 26 heavy (non-hydrogen) atoms. The molecule has 0 aromatic heterocycles. The molecule has 6 nitrogen and oxygen atoms in total. The molecule has 2 rings (SSSR count). The average Bonchev–Trinajstić information content (AvgIpc) is 2.63. The maximum atomic E-state index is 12.0. The maximum absolute atomic E-state index is 12.0. The van der Waals surface area contributed by atoms with Crippen LogP contribution in [0, 0.1) is 0 Å². The molecule has 2 aromatic rings. The average molecular weight is 377 g/mol. The van der Waals surface area contributed by atoms with Crippen LogP contribution in [0.3, 0.4) is 0 Å². The van der Waals surface area contributed by atoms with E-state index >= 15 is 0 Å². The summed E-state index contributed by atoms with van der Waals surface area (Å²) in [6.07, 6.45) is -0.720. The maximum Gasteiger partial charge on any atom is 0.279 e. The topological polar surface area (TPSA) is 76.7 Å². The van der Waals surface area contributed by atoms with Crippen LogP contribution < -0.4 is 20.3 Å². The Morgan fingerprint density at radius 1 is 1.04 bits per heavy atom. The van der Waals surface area contributed by atoms with Crippen LogP contribution >= 0.6 is 11.6 Å². The van der Waals surface area contributed by atoms with Gasteiger partial charge in [0.25, 0.3) is 5.91 Å². The van der Waals surface area contributed by atoms with Crippen molar-refractivity contribution in [3.05, 3.63) is 59.1 Å². The number of hydrogen-bond donors (Lipinski definition) is 2. The van der Waals surface area contributed by atoms with Gasteiger partial charge in [0, 0.05) is 5.02 Å². The smallest absolute Gasteiger partial charge is 0.279 e. The van der Waals surface area contributed by atoms with Crippen molar-refractivity contribution in [2.45, 2.75) is 26.4 Å². The van der Waals surface area contributed by atoms with Crippen LogP contribution in [0.25, 0.3) is 0 Å². The molecule has 0 aliphatic rings. The largest absolute Gasteiger partial charge is 0.494 e. The van der Waals surface area contributed by atoms with Crippen LogP contribution in [0.5, 0.6) is 11.5 Å². The summed E-state index contributed by atoms with van der Waals surface area (Å²) < 4.78 is 10.9. The summed E-state index contributed by atoms with van der Waals surface area (Å²) in [5.74, 6) is 0.411. The molecule has 0 spiro atoms. The Morgan fingerprint density at radius 2 is 1.69 bits per heavy atom. The summed E-state index contributed by atoms with van der Waals surface area (Å²) in [5.41, 5.74) is 5.38. The minimum Gasteiger partial charge on any atom is -0.494 e. The lowest BCUT2D eigenvalue weighted by Gasteiger charge is -2.15. The standard InChI is InChI=1S/C19H21ClN2O4/c1-3-25-15-8-10-16(11-9-15)26-13(2)19(24)22-21-18(23)12-14-6-4-5-7-17(14)20/h4-11,13H,3,12H2,1-2H3,(H,21,23)(H,22,24)/t13-/m1/s1. The summed E-state index contributed by atoms with van der Waals surface area (Å²) in [7, 11) is 0. The highest BCUT2D eigenvalue weighted by Crippen LogP contribution is 2.18. The molecule has 0 aliphatic carbocycles. The summed E-state index contributed by atoms with van der Waals surface area (Å²) in [4.78, 5) is 23.9. The van der Waals surface area contributed by atoms with Gasteiger partial charge < -0.3 is 9.47 Å². The van der Waals surface area contributed by atoms with E-state index in [0.717, 1.165) is 5.75 Å². The first-order valence-electron chi connectivity index (χ1n) is 8.21. The Balaban J connectivity index is 1.79. The van der Waals surface area contributed by atoms with Crippen LogP contribution in [-0.4, -0.2) is 24.5 Å². The van der Waals surface area contributed by atoms with Crippen LogP contribution in [0.4, 0.5) is 0 Å². The number of nitrogens with one attached hydrogen (secondary N) is 2. The van der Waals surface area contributed by atoms with Gasteiger partial charge in [-0.05, 0) is 49.7 Å². The lowest BCUT2D eigenvalue weighted by molar-refractivity contribution is -0.132. The highest BCUT2D eigenvalue weighted by molar-refractivity contribution is 6.31. The van der Waals surface area contributed by atoms with Gasteiger partial charge >= 0.3 is 0 Å². The number of benzene rings is 2. The quantitative estimate of drug-likeness (QED) is 0.728. The SMILES string of the molecule is CCOc1ccc(O[C@H](C)C(=O)NNC(=O)Cc2ccccc2Cl)cc1. The monoisotopic (exact) mass is 376 g/mol. The Kier molecular flexibility index (Phi) is 7.29. The number of amides is 2. The van der Waals surface area contributed by atoms with E-state index in [1.807, 2.05) is 6.92 Å². The number of carbonyl (C=O) groups is 2. The highest BCUT2D eigenvalue weighted by atomic mass is 35.5. The van der Waals surface area contributed by atoms with Gasteiger partial charge in [-0.25, -0.2) is 0 Å². The van der Waals surface area contributed by atoms with Gasteiger partial charge in [0.15, 0.2) is 6.10 Å². The molecule has 0 saturated carbocycles. The van der Waals surface area contributed by atoms with Gasteiger partial charge in [0.1, 0.15) is 11.5 Å². The molecule has 0 unspecified atom stereocenters. The molecule has 7 heteroatoms. The molecule has 0 saturated heterocycles. The first-order valence-corrected chi connectivity index (χ1v) is 8.59. The fourth-order valence-corrected chi connectivity index (χ4v) is 2.33.